The van der Waals surface area contributed by atoms with E-state index in [4.69, 9.17) is 14.2 Å². The van der Waals surface area contributed by atoms with Crippen molar-refractivity contribution < 1.29 is 23.8 Å². The van der Waals surface area contributed by atoms with Gasteiger partial charge in [0.15, 0.2) is 11.5 Å². The van der Waals surface area contributed by atoms with Crippen molar-refractivity contribution in [2.24, 2.45) is 0 Å². The van der Waals surface area contributed by atoms with Gasteiger partial charge in [-0.25, -0.2) is 0 Å². The fraction of sp³-hybridized carbons (Fsp3) is 0.529. The molecular formula is C17H26N2O5. The topological polar surface area (TPSA) is 77.1 Å². The van der Waals surface area contributed by atoms with E-state index in [0.717, 1.165) is 5.56 Å². The zero-order valence-corrected chi connectivity index (χ0v) is 14.8. The number of nitrogens with zero attached hydrogens (tertiary/aromatic N) is 1. The Balaban J connectivity index is 2.47. The Labute approximate surface area is 142 Å². The van der Waals surface area contributed by atoms with Crippen LogP contribution in [0.4, 0.5) is 0 Å². The zero-order valence-electron chi connectivity index (χ0n) is 14.8. The van der Waals surface area contributed by atoms with Gasteiger partial charge in [-0.15, -0.1) is 0 Å². The third-order valence-corrected chi connectivity index (χ3v) is 3.53. The number of methoxy groups -OCH3 is 3. The second kappa shape index (κ2) is 10.5. The van der Waals surface area contributed by atoms with E-state index >= 15 is 0 Å². The molecule has 0 aliphatic carbocycles. The molecule has 134 valence electrons. The normalized spacial score (nSPS) is 10.2. The largest absolute Gasteiger partial charge is 0.493 e. The van der Waals surface area contributed by atoms with E-state index in [1.807, 2.05) is 6.07 Å². The molecule has 1 rings (SSSR count). The average Bonchev–Trinajstić information content (AvgIpc) is 2.57. The van der Waals surface area contributed by atoms with E-state index < -0.39 is 0 Å². The van der Waals surface area contributed by atoms with Crippen molar-refractivity contribution in [1.82, 2.24) is 10.2 Å². The van der Waals surface area contributed by atoms with Gasteiger partial charge in [0.05, 0.1) is 27.2 Å². The lowest BCUT2D eigenvalue weighted by Gasteiger charge is -2.20. The van der Waals surface area contributed by atoms with Crippen LogP contribution in [0, 0.1) is 0 Å². The number of benzene rings is 1. The van der Waals surface area contributed by atoms with Crippen LogP contribution in [0.25, 0.3) is 0 Å². The molecule has 7 heteroatoms. The Kier molecular flexibility index (Phi) is 8.64. The fourth-order valence-corrected chi connectivity index (χ4v) is 2.20. The average molecular weight is 338 g/mol. The maximum atomic E-state index is 12.0. The highest BCUT2D eigenvalue weighted by molar-refractivity contribution is 5.79. The molecule has 0 saturated carbocycles. The van der Waals surface area contributed by atoms with Crippen LogP contribution in [0.1, 0.15) is 12.5 Å². The molecule has 0 bridgehead atoms. The predicted molar refractivity (Wildman–Crippen MR) is 90.4 cm³/mol. The van der Waals surface area contributed by atoms with E-state index in [0.29, 0.717) is 37.7 Å². The SMILES string of the molecule is COCCN(CCNC(=O)Cc1ccc(OC)c(OC)c1)C(C)=O. The standard InChI is InChI=1S/C17H26N2O5/c1-13(20)19(9-10-22-2)8-7-18-17(21)12-14-5-6-15(23-3)16(11-14)24-4/h5-6,11H,7-10,12H2,1-4H3,(H,18,21). The van der Waals surface area contributed by atoms with Gasteiger partial charge in [0.1, 0.15) is 0 Å². The van der Waals surface area contributed by atoms with Crippen molar-refractivity contribution in [3.05, 3.63) is 23.8 Å². The molecule has 0 aliphatic rings. The summed E-state index contributed by atoms with van der Waals surface area (Å²) in [4.78, 5) is 25.1. The Morgan fingerprint density at radius 1 is 1.08 bits per heavy atom. The summed E-state index contributed by atoms with van der Waals surface area (Å²) < 4.78 is 15.4. The Morgan fingerprint density at radius 2 is 1.79 bits per heavy atom. The summed E-state index contributed by atoms with van der Waals surface area (Å²) >= 11 is 0. The van der Waals surface area contributed by atoms with Gasteiger partial charge in [-0.2, -0.15) is 0 Å². The molecule has 0 saturated heterocycles. The first kappa shape index (κ1) is 19.8. The van der Waals surface area contributed by atoms with Crippen molar-refractivity contribution >= 4 is 11.8 Å². The Hall–Kier alpha value is -2.28. The number of carbonyl (C=O) groups excluding carboxylic acids is 2. The molecule has 0 aromatic heterocycles. The number of carbonyl (C=O) groups is 2. The number of ether oxygens (including phenoxy) is 3. The fourth-order valence-electron chi connectivity index (χ4n) is 2.20. The van der Waals surface area contributed by atoms with E-state index in [-0.39, 0.29) is 18.2 Å². The van der Waals surface area contributed by atoms with Crippen LogP contribution >= 0.6 is 0 Å². The molecule has 0 radical (unpaired) electrons. The summed E-state index contributed by atoms with van der Waals surface area (Å²) in [5.41, 5.74) is 0.827. The summed E-state index contributed by atoms with van der Waals surface area (Å²) in [6, 6.07) is 5.37. The third kappa shape index (κ3) is 6.45. The summed E-state index contributed by atoms with van der Waals surface area (Å²) in [5.74, 6) is 1.06. The van der Waals surface area contributed by atoms with E-state index in [2.05, 4.69) is 5.32 Å². The van der Waals surface area contributed by atoms with Gasteiger partial charge in [-0.05, 0) is 17.7 Å². The first-order chi connectivity index (χ1) is 11.5. The quantitative estimate of drug-likeness (QED) is 0.685. The van der Waals surface area contributed by atoms with Gasteiger partial charge in [0.25, 0.3) is 0 Å². The van der Waals surface area contributed by atoms with Crippen LogP contribution < -0.4 is 14.8 Å². The monoisotopic (exact) mass is 338 g/mol. The van der Waals surface area contributed by atoms with Crippen LogP contribution in [0.15, 0.2) is 18.2 Å². The molecule has 0 spiro atoms. The minimum Gasteiger partial charge on any atom is -0.493 e. The van der Waals surface area contributed by atoms with Gasteiger partial charge in [-0.1, -0.05) is 6.07 Å². The Bertz CT molecular complexity index is 548. The van der Waals surface area contributed by atoms with E-state index in [1.54, 1.807) is 38.4 Å². The lowest BCUT2D eigenvalue weighted by molar-refractivity contribution is -0.130. The second-order valence-corrected chi connectivity index (χ2v) is 5.21. The molecule has 0 heterocycles. The molecule has 0 fully saturated rings. The number of nitrogens with one attached hydrogen (secondary N) is 1. The highest BCUT2D eigenvalue weighted by Crippen LogP contribution is 2.27. The maximum Gasteiger partial charge on any atom is 0.224 e. The summed E-state index contributed by atoms with van der Waals surface area (Å²) in [5, 5.41) is 2.81. The molecular weight excluding hydrogens is 312 g/mol. The minimum atomic E-state index is -0.113. The van der Waals surface area contributed by atoms with E-state index in [1.165, 1.54) is 6.92 Å². The van der Waals surface area contributed by atoms with Crippen molar-refractivity contribution in [3.8, 4) is 11.5 Å². The first-order valence-electron chi connectivity index (χ1n) is 7.73. The molecule has 24 heavy (non-hydrogen) atoms. The second-order valence-electron chi connectivity index (χ2n) is 5.21. The summed E-state index contributed by atoms with van der Waals surface area (Å²) in [6.45, 7) is 3.34. The van der Waals surface area contributed by atoms with Crippen LogP contribution in [-0.2, 0) is 20.7 Å². The van der Waals surface area contributed by atoms with Gasteiger partial charge >= 0.3 is 0 Å². The lowest BCUT2D eigenvalue weighted by Crippen LogP contribution is -2.39. The number of hydrogen-bond acceptors (Lipinski definition) is 5. The molecule has 0 unspecified atom stereocenters. The zero-order chi connectivity index (χ0) is 17.9. The third-order valence-electron chi connectivity index (χ3n) is 3.53. The van der Waals surface area contributed by atoms with Gasteiger partial charge in [0, 0.05) is 33.7 Å². The predicted octanol–water partition coefficient (Wildman–Crippen LogP) is 0.857. The van der Waals surface area contributed by atoms with Gasteiger partial charge in [-0.3, -0.25) is 9.59 Å². The van der Waals surface area contributed by atoms with Crippen molar-refractivity contribution in [2.45, 2.75) is 13.3 Å². The first-order valence-corrected chi connectivity index (χ1v) is 7.73. The molecule has 0 aliphatic heterocycles. The molecule has 1 aromatic carbocycles. The molecule has 2 amide bonds. The maximum absolute atomic E-state index is 12.0. The smallest absolute Gasteiger partial charge is 0.224 e. The summed E-state index contributed by atoms with van der Waals surface area (Å²) in [7, 11) is 4.70. The molecule has 7 nitrogen and oxygen atoms in total. The van der Waals surface area contributed by atoms with Crippen LogP contribution in [0.3, 0.4) is 0 Å². The molecule has 1 N–H and O–H groups in total. The van der Waals surface area contributed by atoms with Gasteiger partial charge in [0.2, 0.25) is 11.8 Å². The van der Waals surface area contributed by atoms with Crippen molar-refractivity contribution in [2.75, 3.05) is 47.6 Å². The van der Waals surface area contributed by atoms with Crippen LogP contribution in [-0.4, -0.2) is 64.3 Å². The number of amides is 2. The minimum absolute atomic E-state index is 0.0406. The highest BCUT2D eigenvalue weighted by atomic mass is 16.5. The van der Waals surface area contributed by atoms with E-state index in [9.17, 15) is 9.59 Å². The number of rotatable bonds is 10. The number of hydrogen-bond donors (Lipinski definition) is 1. The molecule has 0 atom stereocenters. The summed E-state index contributed by atoms with van der Waals surface area (Å²) in [6.07, 6.45) is 0.235. The Morgan fingerprint density at radius 3 is 2.38 bits per heavy atom. The van der Waals surface area contributed by atoms with Crippen molar-refractivity contribution in [1.29, 1.82) is 0 Å². The van der Waals surface area contributed by atoms with Gasteiger partial charge < -0.3 is 24.4 Å². The lowest BCUT2D eigenvalue weighted by atomic mass is 10.1. The van der Waals surface area contributed by atoms with Crippen LogP contribution in [0.2, 0.25) is 0 Å². The highest BCUT2D eigenvalue weighted by Gasteiger charge is 2.10. The van der Waals surface area contributed by atoms with Crippen molar-refractivity contribution in [3.63, 3.8) is 0 Å². The molecule has 1 aromatic rings. The van der Waals surface area contributed by atoms with Crippen LogP contribution in [0.5, 0.6) is 11.5 Å².